The summed E-state index contributed by atoms with van der Waals surface area (Å²) >= 11 is 0. The number of rotatable bonds is 3. The summed E-state index contributed by atoms with van der Waals surface area (Å²) in [6, 6.07) is 0. The molecule has 0 N–H and O–H groups in total. The van der Waals surface area contributed by atoms with Crippen LogP contribution in [0.15, 0.2) is 0 Å². The zero-order valence-electron chi connectivity index (χ0n) is 10.1. The smallest absolute Gasteiger partial charge is 0.0357 e. The Labute approximate surface area is 84.1 Å². The molecule has 0 heteroatoms. The first kappa shape index (κ1) is 11.1. The minimum Gasteiger partial charge on any atom is -0.0622 e. The van der Waals surface area contributed by atoms with Crippen molar-refractivity contribution in [1.82, 2.24) is 0 Å². The highest BCUT2D eigenvalue weighted by atomic mass is 14.3. The Bertz CT molecular complexity index is 152. The Morgan fingerprint density at radius 2 is 1.85 bits per heavy atom. The molecule has 3 unspecified atom stereocenters. The van der Waals surface area contributed by atoms with Gasteiger partial charge in [-0.15, -0.1) is 0 Å². The van der Waals surface area contributed by atoms with Crippen molar-refractivity contribution in [2.45, 2.75) is 60.3 Å². The van der Waals surface area contributed by atoms with Crippen molar-refractivity contribution in [3.05, 3.63) is 0 Å². The standard InChI is InChI=1S/C13H26/c1-10-6-8-12(10)9-7-11(2)13(3,4)5/h10-12H,6-9H2,1-5H3. The van der Waals surface area contributed by atoms with Gasteiger partial charge in [-0.3, -0.25) is 0 Å². The maximum atomic E-state index is 2.41. The predicted octanol–water partition coefficient (Wildman–Crippen LogP) is 4.49. The maximum Gasteiger partial charge on any atom is -0.0357 e. The first-order valence-corrected chi connectivity index (χ1v) is 5.91. The van der Waals surface area contributed by atoms with Crippen LogP contribution in [0, 0.1) is 23.2 Å². The molecule has 1 fully saturated rings. The molecule has 13 heavy (non-hydrogen) atoms. The summed E-state index contributed by atoms with van der Waals surface area (Å²) in [5.41, 5.74) is 0.507. The summed E-state index contributed by atoms with van der Waals surface area (Å²) in [6.07, 6.45) is 5.88. The van der Waals surface area contributed by atoms with E-state index >= 15 is 0 Å². The molecular formula is C13H26. The quantitative estimate of drug-likeness (QED) is 0.603. The number of hydrogen-bond acceptors (Lipinski definition) is 0. The van der Waals surface area contributed by atoms with Crippen LogP contribution in [0.4, 0.5) is 0 Å². The first-order valence-electron chi connectivity index (χ1n) is 5.91. The van der Waals surface area contributed by atoms with E-state index in [1.54, 1.807) is 0 Å². The summed E-state index contributed by atoms with van der Waals surface area (Å²) in [5, 5.41) is 0. The minimum absolute atomic E-state index is 0.507. The second kappa shape index (κ2) is 4.02. The van der Waals surface area contributed by atoms with Crippen LogP contribution < -0.4 is 0 Å². The van der Waals surface area contributed by atoms with Crippen molar-refractivity contribution in [3.8, 4) is 0 Å². The summed E-state index contributed by atoms with van der Waals surface area (Å²) < 4.78 is 0. The lowest BCUT2D eigenvalue weighted by atomic mass is 9.70. The van der Waals surface area contributed by atoms with Crippen molar-refractivity contribution in [1.29, 1.82) is 0 Å². The lowest BCUT2D eigenvalue weighted by molar-refractivity contribution is 0.150. The molecule has 0 aromatic rings. The third kappa shape index (κ3) is 3.00. The third-order valence-corrected chi connectivity index (χ3v) is 4.25. The minimum atomic E-state index is 0.507. The van der Waals surface area contributed by atoms with Gasteiger partial charge in [0.25, 0.3) is 0 Å². The molecule has 0 bridgehead atoms. The van der Waals surface area contributed by atoms with Crippen molar-refractivity contribution >= 4 is 0 Å². The lowest BCUT2D eigenvalue weighted by Gasteiger charge is -2.36. The molecule has 3 atom stereocenters. The van der Waals surface area contributed by atoms with Crippen LogP contribution in [0.1, 0.15) is 60.3 Å². The second-order valence-electron chi connectivity index (χ2n) is 6.16. The molecule has 1 saturated carbocycles. The van der Waals surface area contributed by atoms with Crippen LogP contribution >= 0.6 is 0 Å². The predicted molar refractivity (Wildman–Crippen MR) is 59.7 cm³/mol. The van der Waals surface area contributed by atoms with Gasteiger partial charge in [0.2, 0.25) is 0 Å². The fraction of sp³-hybridized carbons (Fsp3) is 1.00. The first-order chi connectivity index (χ1) is 5.91. The lowest BCUT2D eigenvalue weighted by Crippen LogP contribution is -2.25. The highest BCUT2D eigenvalue weighted by Gasteiger charge is 2.28. The largest absolute Gasteiger partial charge is 0.0622 e. The molecular weight excluding hydrogens is 156 g/mol. The second-order valence-corrected chi connectivity index (χ2v) is 6.16. The van der Waals surface area contributed by atoms with Crippen molar-refractivity contribution in [2.75, 3.05) is 0 Å². The average molecular weight is 182 g/mol. The van der Waals surface area contributed by atoms with Crippen molar-refractivity contribution in [3.63, 3.8) is 0 Å². The van der Waals surface area contributed by atoms with Crippen LogP contribution in [0.3, 0.4) is 0 Å². The van der Waals surface area contributed by atoms with E-state index in [4.69, 9.17) is 0 Å². The van der Waals surface area contributed by atoms with E-state index in [9.17, 15) is 0 Å². The molecule has 0 saturated heterocycles. The summed E-state index contributed by atoms with van der Waals surface area (Å²) in [6.45, 7) is 11.9. The Hall–Kier alpha value is 0. The normalized spacial score (nSPS) is 31.2. The molecule has 0 aromatic carbocycles. The van der Waals surface area contributed by atoms with Crippen LogP contribution in [-0.2, 0) is 0 Å². The van der Waals surface area contributed by atoms with E-state index in [1.165, 1.54) is 25.7 Å². The topological polar surface area (TPSA) is 0 Å². The van der Waals surface area contributed by atoms with Gasteiger partial charge in [-0.25, -0.2) is 0 Å². The Morgan fingerprint density at radius 3 is 2.15 bits per heavy atom. The number of hydrogen-bond donors (Lipinski definition) is 0. The van der Waals surface area contributed by atoms with Gasteiger partial charge < -0.3 is 0 Å². The molecule has 0 spiro atoms. The maximum absolute atomic E-state index is 2.41. The summed E-state index contributed by atoms with van der Waals surface area (Å²) in [5.74, 6) is 2.96. The van der Waals surface area contributed by atoms with Gasteiger partial charge in [-0.1, -0.05) is 41.0 Å². The van der Waals surface area contributed by atoms with Gasteiger partial charge in [0.15, 0.2) is 0 Å². The fourth-order valence-corrected chi connectivity index (χ4v) is 2.06. The highest BCUT2D eigenvalue weighted by molar-refractivity contribution is 4.79. The van der Waals surface area contributed by atoms with Crippen LogP contribution in [0.25, 0.3) is 0 Å². The van der Waals surface area contributed by atoms with Gasteiger partial charge in [0.1, 0.15) is 0 Å². The molecule has 0 radical (unpaired) electrons. The molecule has 0 nitrogen and oxygen atoms in total. The van der Waals surface area contributed by atoms with E-state index in [-0.39, 0.29) is 0 Å². The molecule has 0 amide bonds. The van der Waals surface area contributed by atoms with Gasteiger partial charge >= 0.3 is 0 Å². The SMILES string of the molecule is CC1CCC1CCC(C)C(C)(C)C. The van der Waals surface area contributed by atoms with Crippen molar-refractivity contribution < 1.29 is 0 Å². The molecule has 0 aliphatic heterocycles. The van der Waals surface area contributed by atoms with Gasteiger partial charge in [-0.2, -0.15) is 0 Å². The highest BCUT2D eigenvalue weighted by Crippen LogP contribution is 2.39. The van der Waals surface area contributed by atoms with Gasteiger partial charge in [0.05, 0.1) is 0 Å². The third-order valence-electron chi connectivity index (χ3n) is 4.25. The van der Waals surface area contributed by atoms with E-state index in [0.29, 0.717) is 5.41 Å². The van der Waals surface area contributed by atoms with E-state index in [0.717, 1.165) is 17.8 Å². The zero-order valence-corrected chi connectivity index (χ0v) is 10.1. The Morgan fingerprint density at radius 1 is 1.23 bits per heavy atom. The van der Waals surface area contributed by atoms with E-state index < -0.39 is 0 Å². The molecule has 0 heterocycles. The fourth-order valence-electron chi connectivity index (χ4n) is 2.06. The molecule has 0 aromatic heterocycles. The van der Waals surface area contributed by atoms with Gasteiger partial charge in [-0.05, 0) is 42.4 Å². The van der Waals surface area contributed by atoms with Crippen molar-refractivity contribution in [2.24, 2.45) is 23.2 Å². The monoisotopic (exact) mass is 182 g/mol. The van der Waals surface area contributed by atoms with Crippen LogP contribution in [-0.4, -0.2) is 0 Å². The average Bonchev–Trinajstić information content (AvgIpc) is 2.00. The summed E-state index contributed by atoms with van der Waals surface area (Å²) in [4.78, 5) is 0. The zero-order chi connectivity index (χ0) is 10.1. The Kier molecular flexibility index (Phi) is 3.43. The van der Waals surface area contributed by atoms with Crippen LogP contribution in [0.2, 0.25) is 0 Å². The van der Waals surface area contributed by atoms with Gasteiger partial charge in [0, 0.05) is 0 Å². The van der Waals surface area contributed by atoms with E-state index in [1.807, 2.05) is 0 Å². The molecule has 1 aliphatic rings. The van der Waals surface area contributed by atoms with Crippen LogP contribution in [0.5, 0.6) is 0 Å². The molecule has 1 rings (SSSR count). The molecule has 1 aliphatic carbocycles. The van der Waals surface area contributed by atoms with E-state index in [2.05, 4.69) is 34.6 Å². The molecule has 78 valence electrons. The Balaban J connectivity index is 2.18. The summed E-state index contributed by atoms with van der Waals surface area (Å²) in [7, 11) is 0.